The van der Waals surface area contributed by atoms with Crippen molar-refractivity contribution in [1.29, 1.82) is 0 Å². The van der Waals surface area contributed by atoms with Gasteiger partial charge in [0.25, 0.3) is 0 Å². The molecule has 0 aliphatic heterocycles. The van der Waals surface area contributed by atoms with Crippen LogP contribution in [0.1, 0.15) is 50.9 Å². The first-order valence-electron chi connectivity index (χ1n) is 5.05. The highest BCUT2D eigenvalue weighted by molar-refractivity contribution is 5.86. The monoisotopic (exact) mass is 213 g/mol. The highest BCUT2D eigenvalue weighted by Gasteiger charge is 2.20. The molecule has 0 radical (unpaired) electrons. The summed E-state index contributed by atoms with van der Waals surface area (Å²) in [6.45, 7) is 11.1. The maximum atomic E-state index is 11.3. The van der Waals surface area contributed by atoms with Crippen LogP contribution in [0.3, 0.4) is 0 Å². The lowest BCUT2D eigenvalue weighted by Gasteiger charge is -2.17. The fourth-order valence-corrected chi connectivity index (χ4v) is 0.788. The quantitative estimate of drug-likeness (QED) is 0.673. The molecule has 0 atom stereocenters. The van der Waals surface area contributed by atoms with Gasteiger partial charge in [-0.05, 0) is 27.7 Å². The molecule has 0 bridgehead atoms. The molecule has 1 rings (SSSR count). The minimum atomic E-state index is -0.502. The molecule has 0 aliphatic carbocycles. The number of carbonyl (C=O) groups is 1. The average molecular weight is 213 g/mol. The van der Waals surface area contributed by atoms with Crippen molar-refractivity contribution in [1.82, 2.24) is 5.16 Å². The SMILES string of the molecule is CC.Cc1cc(C(=O)OC(C)(C)C)on1. The number of rotatable bonds is 1. The molecule has 0 aromatic carbocycles. The predicted octanol–water partition coefficient (Wildman–Crippen LogP) is 2.96. The van der Waals surface area contributed by atoms with E-state index < -0.39 is 11.6 Å². The zero-order valence-electron chi connectivity index (χ0n) is 10.2. The number of aromatic nitrogens is 1. The molecule has 1 aromatic heterocycles. The summed E-state index contributed by atoms with van der Waals surface area (Å²) in [6, 6.07) is 1.55. The summed E-state index contributed by atoms with van der Waals surface area (Å²) in [6.07, 6.45) is 0. The van der Waals surface area contributed by atoms with Crippen LogP contribution < -0.4 is 0 Å². The Labute approximate surface area is 90.6 Å². The van der Waals surface area contributed by atoms with Crippen molar-refractivity contribution in [3.8, 4) is 0 Å². The molecule has 0 spiro atoms. The maximum Gasteiger partial charge on any atom is 0.377 e. The number of hydrogen-bond acceptors (Lipinski definition) is 4. The van der Waals surface area contributed by atoms with Crippen molar-refractivity contribution in [3.63, 3.8) is 0 Å². The van der Waals surface area contributed by atoms with Gasteiger partial charge in [-0.2, -0.15) is 0 Å². The van der Waals surface area contributed by atoms with E-state index in [9.17, 15) is 4.79 Å². The lowest BCUT2D eigenvalue weighted by molar-refractivity contribution is 0.00277. The van der Waals surface area contributed by atoms with Crippen molar-refractivity contribution >= 4 is 5.97 Å². The zero-order chi connectivity index (χ0) is 12.1. The van der Waals surface area contributed by atoms with Gasteiger partial charge in [-0.15, -0.1) is 0 Å². The molecule has 0 fully saturated rings. The molecule has 15 heavy (non-hydrogen) atoms. The van der Waals surface area contributed by atoms with Crippen LogP contribution in [-0.2, 0) is 4.74 Å². The average Bonchev–Trinajstić information content (AvgIpc) is 2.52. The highest BCUT2D eigenvalue weighted by Crippen LogP contribution is 2.12. The Hall–Kier alpha value is -1.32. The second-order valence-electron chi connectivity index (χ2n) is 3.83. The summed E-state index contributed by atoms with van der Waals surface area (Å²) >= 11 is 0. The summed E-state index contributed by atoms with van der Waals surface area (Å²) in [5.41, 5.74) is 0.165. The van der Waals surface area contributed by atoms with Gasteiger partial charge in [-0.25, -0.2) is 4.79 Å². The van der Waals surface area contributed by atoms with Gasteiger partial charge in [-0.3, -0.25) is 0 Å². The molecule has 86 valence electrons. The third-order valence-electron chi connectivity index (χ3n) is 1.23. The van der Waals surface area contributed by atoms with E-state index in [2.05, 4.69) is 5.16 Å². The van der Waals surface area contributed by atoms with Gasteiger partial charge in [0.2, 0.25) is 5.76 Å². The Kier molecular flexibility index (Phi) is 5.05. The van der Waals surface area contributed by atoms with Crippen LogP contribution >= 0.6 is 0 Å². The fraction of sp³-hybridized carbons (Fsp3) is 0.636. The molecule has 0 aliphatic rings. The maximum absolute atomic E-state index is 11.3. The van der Waals surface area contributed by atoms with Crippen molar-refractivity contribution in [3.05, 3.63) is 17.5 Å². The van der Waals surface area contributed by atoms with Crippen LogP contribution in [0.4, 0.5) is 0 Å². The highest BCUT2D eigenvalue weighted by atomic mass is 16.6. The summed E-state index contributed by atoms with van der Waals surface area (Å²) < 4.78 is 9.81. The minimum absolute atomic E-state index is 0.146. The van der Waals surface area contributed by atoms with Gasteiger partial charge >= 0.3 is 5.97 Å². The van der Waals surface area contributed by atoms with E-state index in [1.54, 1.807) is 33.8 Å². The number of esters is 1. The molecule has 0 N–H and O–H groups in total. The van der Waals surface area contributed by atoms with E-state index in [0.29, 0.717) is 5.69 Å². The lowest BCUT2D eigenvalue weighted by atomic mass is 10.2. The van der Waals surface area contributed by atoms with Crippen LogP contribution in [0.2, 0.25) is 0 Å². The van der Waals surface area contributed by atoms with Crippen molar-refractivity contribution in [2.75, 3.05) is 0 Å². The van der Waals surface area contributed by atoms with E-state index >= 15 is 0 Å². The van der Waals surface area contributed by atoms with Gasteiger partial charge < -0.3 is 9.26 Å². The van der Waals surface area contributed by atoms with Gasteiger partial charge in [0.1, 0.15) is 5.60 Å². The Morgan fingerprint density at radius 2 is 1.93 bits per heavy atom. The molecule has 4 heteroatoms. The number of aryl methyl sites for hydroxylation is 1. The normalized spacial score (nSPS) is 10.3. The molecule has 0 amide bonds. The first kappa shape index (κ1) is 13.7. The van der Waals surface area contributed by atoms with Crippen LogP contribution in [0.25, 0.3) is 0 Å². The third-order valence-corrected chi connectivity index (χ3v) is 1.23. The summed E-state index contributed by atoms with van der Waals surface area (Å²) in [7, 11) is 0. The van der Waals surface area contributed by atoms with Gasteiger partial charge in [0.15, 0.2) is 0 Å². The van der Waals surface area contributed by atoms with Gasteiger partial charge in [0, 0.05) is 6.07 Å². The molecule has 0 saturated heterocycles. The smallest absolute Gasteiger partial charge is 0.377 e. The number of nitrogens with zero attached hydrogens (tertiary/aromatic N) is 1. The third kappa shape index (κ3) is 5.20. The lowest BCUT2D eigenvalue weighted by Crippen LogP contribution is -2.23. The first-order valence-corrected chi connectivity index (χ1v) is 5.05. The molecule has 0 saturated carbocycles. The van der Waals surface area contributed by atoms with E-state index in [-0.39, 0.29) is 5.76 Å². The predicted molar refractivity (Wildman–Crippen MR) is 57.8 cm³/mol. The number of hydrogen-bond donors (Lipinski definition) is 0. The fourth-order valence-electron chi connectivity index (χ4n) is 0.788. The zero-order valence-corrected chi connectivity index (χ0v) is 10.2. The number of carbonyl (C=O) groups excluding carboxylic acids is 1. The Bertz CT molecular complexity index is 310. The van der Waals surface area contributed by atoms with Crippen molar-refractivity contribution in [2.24, 2.45) is 0 Å². The summed E-state index contributed by atoms with van der Waals surface area (Å²) in [4.78, 5) is 11.3. The van der Waals surface area contributed by atoms with Crippen molar-refractivity contribution < 1.29 is 14.1 Å². The van der Waals surface area contributed by atoms with Gasteiger partial charge in [0.05, 0.1) is 5.69 Å². The molecular weight excluding hydrogens is 194 g/mol. The van der Waals surface area contributed by atoms with Crippen LogP contribution in [0.15, 0.2) is 10.6 Å². The topological polar surface area (TPSA) is 52.3 Å². The Morgan fingerprint density at radius 1 is 1.40 bits per heavy atom. The molecule has 0 unspecified atom stereocenters. The summed E-state index contributed by atoms with van der Waals surface area (Å²) in [5.74, 6) is -0.333. The Morgan fingerprint density at radius 3 is 2.27 bits per heavy atom. The minimum Gasteiger partial charge on any atom is -0.454 e. The molecule has 1 aromatic rings. The van der Waals surface area contributed by atoms with E-state index in [0.717, 1.165) is 0 Å². The van der Waals surface area contributed by atoms with Crippen LogP contribution in [0, 0.1) is 6.92 Å². The Balaban J connectivity index is 0.000000921. The van der Waals surface area contributed by atoms with Crippen LogP contribution in [-0.4, -0.2) is 16.7 Å². The first-order chi connectivity index (χ1) is 6.88. The molecule has 1 heterocycles. The standard InChI is InChI=1S/C9H13NO3.C2H6/c1-6-5-7(13-10-6)8(11)12-9(2,3)4;1-2/h5H,1-4H3;1-2H3. The molecule has 4 nitrogen and oxygen atoms in total. The van der Waals surface area contributed by atoms with E-state index in [4.69, 9.17) is 9.26 Å². The van der Waals surface area contributed by atoms with Crippen LogP contribution in [0.5, 0.6) is 0 Å². The van der Waals surface area contributed by atoms with E-state index in [1.807, 2.05) is 13.8 Å². The van der Waals surface area contributed by atoms with Crippen molar-refractivity contribution in [2.45, 2.75) is 47.1 Å². The van der Waals surface area contributed by atoms with E-state index in [1.165, 1.54) is 0 Å². The summed E-state index contributed by atoms with van der Waals surface area (Å²) in [5, 5.41) is 3.59. The second kappa shape index (κ2) is 5.53. The number of ether oxygens (including phenoxy) is 1. The van der Waals surface area contributed by atoms with Gasteiger partial charge in [-0.1, -0.05) is 19.0 Å². The molecular formula is C11H19NO3. The second-order valence-corrected chi connectivity index (χ2v) is 3.83. The largest absolute Gasteiger partial charge is 0.454 e.